The third-order valence-electron chi connectivity index (χ3n) is 2.71. The van der Waals surface area contributed by atoms with Crippen LogP contribution in [0.15, 0.2) is 23.5 Å². The van der Waals surface area contributed by atoms with Gasteiger partial charge in [-0.15, -0.1) is 0 Å². The number of hydrogen-bond acceptors (Lipinski definition) is 5. The first-order valence-corrected chi connectivity index (χ1v) is 5.69. The first-order chi connectivity index (χ1) is 8.30. The van der Waals surface area contributed by atoms with E-state index in [1.807, 2.05) is 6.07 Å². The Kier molecular flexibility index (Phi) is 6.03. The molecule has 2 N–H and O–H groups in total. The molecule has 0 aliphatic rings. The number of nitrogens with zero attached hydrogens (tertiary/aromatic N) is 2. The molecule has 0 fully saturated rings. The molecule has 5 heteroatoms. The normalized spacial score (nSPS) is 12.1. The molecule has 0 saturated heterocycles. The second kappa shape index (κ2) is 7.62. The van der Waals surface area contributed by atoms with E-state index in [0.717, 1.165) is 31.1 Å². The van der Waals surface area contributed by atoms with Gasteiger partial charge < -0.3 is 5.73 Å². The molecule has 92 valence electrons. The summed E-state index contributed by atoms with van der Waals surface area (Å²) >= 11 is 0. The maximum Gasteiger partial charge on any atom is 0.168 e. The van der Waals surface area contributed by atoms with Gasteiger partial charge in [0, 0.05) is 6.20 Å². The predicted molar refractivity (Wildman–Crippen MR) is 65.8 cm³/mol. The van der Waals surface area contributed by atoms with E-state index in [2.05, 4.69) is 10.2 Å². The van der Waals surface area contributed by atoms with Gasteiger partial charge in [0.05, 0.1) is 6.54 Å². The van der Waals surface area contributed by atoms with Gasteiger partial charge in [-0.05, 0) is 49.4 Å². The van der Waals surface area contributed by atoms with Crippen molar-refractivity contribution in [2.75, 3.05) is 13.1 Å². The van der Waals surface area contributed by atoms with Gasteiger partial charge in [0.1, 0.15) is 5.69 Å². The van der Waals surface area contributed by atoms with E-state index in [9.17, 15) is 9.70 Å². The number of carbonyl (C=O) groups excluding carboxylic acids is 1. The summed E-state index contributed by atoms with van der Waals surface area (Å²) in [4.78, 5) is 24.6. The van der Waals surface area contributed by atoms with Gasteiger partial charge >= 0.3 is 0 Å². The molecule has 1 aromatic rings. The molecule has 0 radical (unpaired) electrons. The van der Waals surface area contributed by atoms with Crippen molar-refractivity contribution in [1.82, 2.24) is 4.98 Å². The number of carbonyl (C=O) groups is 1. The van der Waals surface area contributed by atoms with Gasteiger partial charge in [0.15, 0.2) is 6.29 Å². The number of aryl methyl sites for hydroxylation is 1. The molecule has 1 atom stereocenters. The van der Waals surface area contributed by atoms with Gasteiger partial charge in [-0.3, -0.25) is 9.78 Å². The molecule has 0 spiro atoms. The fourth-order valence-electron chi connectivity index (χ4n) is 1.70. The summed E-state index contributed by atoms with van der Waals surface area (Å²) in [6.45, 7) is 0.772. The van der Waals surface area contributed by atoms with Crippen LogP contribution in [0.4, 0.5) is 0 Å². The molecule has 1 aromatic heterocycles. The number of nitroso groups, excluding NO2 is 1. The van der Waals surface area contributed by atoms with Gasteiger partial charge in [-0.1, -0.05) is 5.18 Å². The van der Waals surface area contributed by atoms with Gasteiger partial charge in [0.25, 0.3) is 0 Å². The first-order valence-electron chi connectivity index (χ1n) is 5.69. The van der Waals surface area contributed by atoms with Crippen LogP contribution in [-0.4, -0.2) is 24.4 Å². The largest absolute Gasteiger partial charge is 0.330 e. The Morgan fingerprint density at radius 2 is 2.35 bits per heavy atom. The lowest BCUT2D eigenvalue weighted by molar-refractivity contribution is 0.111. The number of hydrogen-bond donors (Lipinski definition) is 1. The number of aldehydes is 1. The van der Waals surface area contributed by atoms with Crippen LogP contribution in [-0.2, 0) is 6.42 Å². The lowest BCUT2D eigenvalue weighted by Crippen LogP contribution is -2.17. The molecule has 0 aliphatic heterocycles. The van der Waals surface area contributed by atoms with E-state index in [-0.39, 0.29) is 12.5 Å². The highest BCUT2D eigenvalue weighted by Crippen LogP contribution is 2.10. The fourth-order valence-corrected chi connectivity index (χ4v) is 1.70. The summed E-state index contributed by atoms with van der Waals surface area (Å²) in [5.41, 5.74) is 7.06. The number of nitrogens with two attached hydrogens (primary N) is 1. The Morgan fingerprint density at radius 3 is 3.00 bits per heavy atom. The summed E-state index contributed by atoms with van der Waals surface area (Å²) in [7, 11) is 0. The van der Waals surface area contributed by atoms with E-state index < -0.39 is 0 Å². The van der Waals surface area contributed by atoms with Crippen molar-refractivity contribution in [2.24, 2.45) is 16.8 Å². The Hall–Kier alpha value is -1.62. The minimum Gasteiger partial charge on any atom is -0.330 e. The minimum absolute atomic E-state index is 0.167. The Bertz CT molecular complexity index is 369. The molecule has 0 saturated carbocycles. The topological polar surface area (TPSA) is 85.4 Å². The molecular formula is C12H17N3O2. The standard InChI is InChI=1S/C12H17N3O2/c13-7-11(8-15-17)3-1-2-10-4-5-14-12(6-10)9-16/h4-6,9,11H,1-3,7-8,13H2. The Balaban J connectivity index is 2.39. The minimum atomic E-state index is 0.167. The van der Waals surface area contributed by atoms with Crippen LogP contribution >= 0.6 is 0 Å². The molecule has 1 unspecified atom stereocenters. The van der Waals surface area contributed by atoms with Crippen molar-refractivity contribution in [1.29, 1.82) is 0 Å². The summed E-state index contributed by atoms with van der Waals surface area (Å²) in [6, 6.07) is 3.67. The Morgan fingerprint density at radius 1 is 1.53 bits per heavy atom. The number of pyridine rings is 1. The van der Waals surface area contributed by atoms with Crippen LogP contribution in [0.5, 0.6) is 0 Å². The van der Waals surface area contributed by atoms with Crippen LogP contribution in [0.25, 0.3) is 0 Å². The van der Waals surface area contributed by atoms with Crippen molar-refractivity contribution in [3.8, 4) is 0 Å². The van der Waals surface area contributed by atoms with E-state index in [4.69, 9.17) is 5.73 Å². The second-order valence-electron chi connectivity index (χ2n) is 4.01. The molecule has 0 amide bonds. The fraction of sp³-hybridized carbons (Fsp3) is 0.500. The van der Waals surface area contributed by atoms with Crippen molar-refractivity contribution in [2.45, 2.75) is 19.3 Å². The zero-order chi connectivity index (χ0) is 12.5. The molecule has 0 aliphatic carbocycles. The van der Waals surface area contributed by atoms with E-state index >= 15 is 0 Å². The second-order valence-corrected chi connectivity index (χ2v) is 4.01. The lowest BCUT2D eigenvalue weighted by atomic mass is 10.00. The van der Waals surface area contributed by atoms with Gasteiger partial charge in [-0.25, -0.2) is 0 Å². The van der Waals surface area contributed by atoms with Gasteiger partial charge in [0.2, 0.25) is 0 Å². The van der Waals surface area contributed by atoms with Crippen LogP contribution in [0, 0.1) is 10.8 Å². The maximum atomic E-state index is 10.5. The molecular weight excluding hydrogens is 218 g/mol. The SMILES string of the molecule is NCC(CCCc1ccnc(C=O)c1)CN=O. The van der Waals surface area contributed by atoms with E-state index in [0.29, 0.717) is 12.2 Å². The highest BCUT2D eigenvalue weighted by molar-refractivity contribution is 5.71. The zero-order valence-corrected chi connectivity index (χ0v) is 9.71. The molecule has 0 aromatic carbocycles. The monoisotopic (exact) mass is 235 g/mol. The third kappa shape index (κ3) is 4.82. The summed E-state index contributed by atoms with van der Waals surface area (Å²) in [5, 5.41) is 2.87. The third-order valence-corrected chi connectivity index (χ3v) is 2.71. The quantitative estimate of drug-likeness (QED) is 0.547. The maximum absolute atomic E-state index is 10.5. The predicted octanol–water partition coefficient (Wildman–Crippen LogP) is 1.56. The number of rotatable bonds is 8. The number of aromatic nitrogens is 1. The van der Waals surface area contributed by atoms with Crippen LogP contribution in [0.2, 0.25) is 0 Å². The van der Waals surface area contributed by atoms with Crippen molar-refractivity contribution in [3.05, 3.63) is 34.5 Å². The first kappa shape index (κ1) is 13.4. The van der Waals surface area contributed by atoms with Gasteiger partial charge in [-0.2, -0.15) is 4.91 Å². The lowest BCUT2D eigenvalue weighted by Gasteiger charge is -2.09. The van der Waals surface area contributed by atoms with Crippen LogP contribution in [0.1, 0.15) is 28.9 Å². The van der Waals surface area contributed by atoms with Crippen molar-refractivity contribution < 1.29 is 4.79 Å². The van der Waals surface area contributed by atoms with Crippen molar-refractivity contribution in [3.63, 3.8) is 0 Å². The van der Waals surface area contributed by atoms with Crippen LogP contribution in [0.3, 0.4) is 0 Å². The van der Waals surface area contributed by atoms with E-state index in [1.54, 1.807) is 12.3 Å². The summed E-state index contributed by atoms with van der Waals surface area (Å²) < 4.78 is 0. The van der Waals surface area contributed by atoms with E-state index in [1.165, 1.54) is 0 Å². The molecule has 17 heavy (non-hydrogen) atoms. The molecule has 1 rings (SSSR count). The smallest absolute Gasteiger partial charge is 0.168 e. The highest BCUT2D eigenvalue weighted by atomic mass is 16.3. The van der Waals surface area contributed by atoms with Crippen molar-refractivity contribution >= 4 is 6.29 Å². The Labute approximate surface area is 100 Å². The molecule has 5 nitrogen and oxygen atoms in total. The molecule has 1 heterocycles. The molecule has 0 bridgehead atoms. The zero-order valence-electron chi connectivity index (χ0n) is 9.71. The van der Waals surface area contributed by atoms with Crippen LogP contribution < -0.4 is 5.73 Å². The highest BCUT2D eigenvalue weighted by Gasteiger charge is 2.06. The average Bonchev–Trinajstić information content (AvgIpc) is 2.38. The summed E-state index contributed by atoms with van der Waals surface area (Å²) in [5.74, 6) is 0.167. The summed E-state index contributed by atoms with van der Waals surface area (Å²) in [6.07, 6.45) is 5.04. The average molecular weight is 235 g/mol.